The third-order valence-corrected chi connectivity index (χ3v) is 4.62. The molecule has 3 rings (SSSR count). The zero-order valence-corrected chi connectivity index (χ0v) is 14.8. The molecule has 0 saturated carbocycles. The van der Waals surface area contributed by atoms with Crippen LogP contribution in [0, 0.1) is 0 Å². The minimum absolute atomic E-state index is 0.101. The smallest absolute Gasteiger partial charge is 0.332 e. The van der Waals surface area contributed by atoms with Gasteiger partial charge in [-0.25, -0.2) is 9.78 Å². The molecule has 0 spiro atoms. The van der Waals surface area contributed by atoms with Gasteiger partial charge in [0.2, 0.25) is 0 Å². The van der Waals surface area contributed by atoms with Gasteiger partial charge < -0.3 is 20.1 Å². The molecule has 0 aromatic carbocycles. The third kappa shape index (κ3) is 2.78. The highest BCUT2D eigenvalue weighted by Gasteiger charge is 2.44. The van der Waals surface area contributed by atoms with Crippen LogP contribution in [0.15, 0.2) is 15.9 Å². The van der Waals surface area contributed by atoms with E-state index in [-0.39, 0.29) is 17.7 Å². The van der Waals surface area contributed by atoms with E-state index in [1.807, 2.05) is 13.8 Å². The van der Waals surface area contributed by atoms with Gasteiger partial charge in [0.1, 0.15) is 18.3 Å². The Morgan fingerprint density at radius 2 is 1.77 bits per heavy atom. The van der Waals surface area contributed by atoms with Crippen LogP contribution in [0.25, 0.3) is 11.2 Å². The summed E-state index contributed by atoms with van der Waals surface area (Å²) in [7, 11) is 0. The number of aliphatic hydroxyl groups is 3. The van der Waals surface area contributed by atoms with Crippen molar-refractivity contribution in [2.45, 2.75) is 64.3 Å². The summed E-state index contributed by atoms with van der Waals surface area (Å²) in [4.78, 5) is 29.6. The summed E-state index contributed by atoms with van der Waals surface area (Å²) in [6.07, 6.45) is -2.03. The highest BCUT2D eigenvalue weighted by atomic mass is 16.6. The molecule has 26 heavy (non-hydrogen) atoms. The topological polar surface area (TPSA) is 132 Å². The van der Waals surface area contributed by atoms with E-state index in [1.165, 1.54) is 15.5 Å². The molecule has 1 aliphatic heterocycles. The second kappa shape index (κ2) is 7.31. The maximum atomic E-state index is 12.8. The normalized spacial score (nSPS) is 26.0. The molecule has 3 N–H and O–H groups in total. The molecule has 1 saturated heterocycles. The van der Waals surface area contributed by atoms with Gasteiger partial charge in [0.15, 0.2) is 17.4 Å². The monoisotopic (exact) mass is 368 g/mol. The van der Waals surface area contributed by atoms with E-state index < -0.39 is 42.4 Å². The summed E-state index contributed by atoms with van der Waals surface area (Å²) in [5.74, 6) is 0. The van der Waals surface area contributed by atoms with Gasteiger partial charge in [-0.2, -0.15) is 0 Å². The van der Waals surface area contributed by atoms with E-state index in [0.29, 0.717) is 19.4 Å². The molecule has 2 aromatic rings. The van der Waals surface area contributed by atoms with Crippen LogP contribution in [-0.2, 0) is 17.8 Å². The van der Waals surface area contributed by atoms with Crippen LogP contribution in [0.4, 0.5) is 0 Å². The number of aryl methyl sites for hydroxylation is 1. The first kappa shape index (κ1) is 18.8. The molecule has 2 aromatic heterocycles. The number of ether oxygens (including phenoxy) is 1. The minimum Gasteiger partial charge on any atom is -0.394 e. The molecule has 0 unspecified atom stereocenters. The van der Waals surface area contributed by atoms with Crippen LogP contribution >= 0.6 is 0 Å². The highest BCUT2D eigenvalue weighted by Crippen LogP contribution is 2.31. The molecular weight excluding hydrogens is 344 g/mol. The van der Waals surface area contributed by atoms with Gasteiger partial charge in [-0.3, -0.25) is 18.5 Å². The summed E-state index contributed by atoms with van der Waals surface area (Å²) in [5.41, 5.74) is -0.599. The lowest BCUT2D eigenvalue weighted by Crippen LogP contribution is -2.41. The molecule has 4 atom stereocenters. The Hall–Kier alpha value is -2.01. The fourth-order valence-electron chi connectivity index (χ4n) is 3.37. The summed E-state index contributed by atoms with van der Waals surface area (Å²) in [6.45, 7) is 3.96. The number of nitrogens with zero attached hydrogens (tertiary/aromatic N) is 4. The molecule has 3 heterocycles. The van der Waals surface area contributed by atoms with E-state index in [1.54, 1.807) is 0 Å². The number of aromatic nitrogens is 4. The Labute approximate surface area is 148 Å². The summed E-state index contributed by atoms with van der Waals surface area (Å²) < 4.78 is 9.51. The molecule has 10 nitrogen and oxygen atoms in total. The number of hydrogen-bond acceptors (Lipinski definition) is 7. The van der Waals surface area contributed by atoms with Gasteiger partial charge in [-0.15, -0.1) is 0 Å². The van der Waals surface area contributed by atoms with Gasteiger partial charge in [-0.1, -0.05) is 13.8 Å². The molecule has 0 radical (unpaired) electrons. The van der Waals surface area contributed by atoms with Gasteiger partial charge in [0.05, 0.1) is 12.9 Å². The highest BCUT2D eigenvalue weighted by molar-refractivity contribution is 5.70. The van der Waals surface area contributed by atoms with Crippen molar-refractivity contribution in [1.29, 1.82) is 0 Å². The van der Waals surface area contributed by atoms with Crippen LogP contribution < -0.4 is 11.2 Å². The second-order valence-corrected chi connectivity index (χ2v) is 6.44. The van der Waals surface area contributed by atoms with Crippen molar-refractivity contribution in [2.75, 3.05) is 6.61 Å². The quantitative estimate of drug-likeness (QED) is 0.583. The molecule has 0 aliphatic carbocycles. The van der Waals surface area contributed by atoms with Crippen LogP contribution in [-0.4, -0.2) is 58.9 Å². The standard InChI is InChI=1S/C16H24N4O6/c1-3-5-18-13-10(14(24)19(6-4-2)16(18)25)17-8-20(13)15-12(23)11(22)9(7-21)26-15/h8-9,11-12,15,21-23H,3-7H2,1-2H3/t9-,11-,12-,15-/m1/s1. The summed E-state index contributed by atoms with van der Waals surface area (Å²) in [6, 6.07) is 0. The fraction of sp³-hybridized carbons (Fsp3) is 0.688. The molecule has 0 bridgehead atoms. The first-order chi connectivity index (χ1) is 12.5. The van der Waals surface area contributed by atoms with E-state index in [2.05, 4.69) is 4.98 Å². The molecule has 144 valence electrons. The Morgan fingerprint density at radius 3 is 2.35 bits per heavy atom. The predicted molar refractivity (Wildman–Crippen MR) is 91.8 cm³/mol. The zero-order valence-electron chi connectivity index (χ0n) is 14.8. The first-order valence-corrected chi connectivity index (χ1v) is 8.78. The SMILES string of the molecule is CCCn1c(=O)c2ncn([C@@H]3O[C@H](CO)[C@@H](O)[C@H]3O)c2n(CCC)c1=O. The third-order valence-electron chi connectivity index (χ3n) is 4.62. The lowest BCUT2D eigenvalue weighted by Gasteiger charge is -2.19. The Bertz CT molecular complexity index is 901. The maximum absolute atomic E-state index is 12.8. The Balaban J connectivity index is 2.23. The predicted octanol–water partition coefficient (Wildman–Crippen LogP) is -1.21. The Kier molecular flexibility index (Phi) is 5.28. The van der Waals surface area contributed by atoms with Crippen LogP contribution in [0.2, 0.25) is 0 Å². The Morgan fingerprint density at radius 1 is 1.12 bits per heavy atom. The molecule has 0 amide bonds. The molecular formula is C16H24N4O6. The van der Waals surface area contributed by atoms with Crippen molar-refractivity contribution in [2.24, 2.45) is 0 Å². The molecule has 1 fully saturated rings. The van der Waals surface area contributed by atoms with Gasteiger partial charge in [-0.05, 0) is 12.8 Å². The summed E-state index contributed by atoms with van der Waals surface area (Å²) >= 11 is 0. The lowest BCUT2D eigenvalue weighted by molar-refractivity contribution is -0.0513. The molecule has 10 heteroatoms. The molecule has 1 aliphatic rings. The van der Waals surface area contributed by atoms with Crippen molar-refractivity contribution >= 4 is 11.2 Å². The number of aliphatic hydroxyl groups excluding tert-OH is 3. The van der Waals surface area contributed by atoms with Crippen molar-refractivity contribution in [1.82, 2.24) is 18.7 Å². The first-order valence-electron chi connectivity index (χ1n) is 8.78. The average molecular weight is 368 g/mol. The summed E-state index contributed by atoms with van der Waals surface area (Å²) in [5, 5.41) is 29.6. The van der Waals surface area contributed by atoms with Gasteiger partial charge in [0.25, 0.3) is 5.56 Å². The average Bonchev–Trinajstić information content (AvgIpc) is 3.18. The van der Waals surface area contributed by atoms with Gasteiger partial charge in [0, 0.05) is 13.1 Å². The van der Waals surface area contributed by atoms with E-state index in [9.17, 15) is 24.9 Å². The minimum atomic E-state index is -1.33. The zero-order chi connectivity index (χ0) is 19.0. The maximum Gasteiger partial charge on any atom is 0.332 e. The number of hydrogen-bond donors (Lipinski definition) is 3. The van der Waals surface area contributed by atoms with Crippen LogP contribution in [0.1, 0.15) is 32.9 Å². The van der Waals surface area contributed by atoms with Gasteiger partial charge >= 0.3 is 5.69 Å². The van der Waals surface area contributed by atoms with Crippen molar-refractivity contribution in [3.05, 3.63) is 27.2 Å². The van der Waals surface area contributed by atoms with Crippen molar-refractivity contribution < 1.29 is 20.1 Å². The van der Waals surface area contributed by atoms with Crippen molar-refractivity contribution in [3.63, 3.8) is 0 Å². The van der Waals surface area contributed by atoms with E-state index >= 15 is 0 Å². The van der Waals surface area contributed by atoms with Crippen LogP contribution in [0.3, 0.4) is 0 Å². The number of imidazole rings is 1. The lowest BCUT2D eigenvalue weighted by atomic mass is 10.1. The largest absolute Gasteiger partial charge is 0.394 e. The second-order valence-electron chi connectivity index (χ2n) is 6.44. The van der Waals surface area contributed by atoms with Crippen LogP contribution in [0.5, 0.6) is 0 Å². The number of rotatable bonds is 6. The number of fused-ring (bicyclic) bond motifs is 1. The van der Waals surface area contributed by atoms with E-state index in [0.717, 1.165) is 4.57 Å². The van der Waals surface area contributed by atoms with Crippen molar-refractivity contribution in [3.8, 4) is 0 Å². The van der Waals surface area contributed by atoms with E-state index in [4.69, 9.17) is 4.74 Å². The fourth-order valence-corrected chi connectivity index (χ4v) is 3.37.